The SMILES string of the molecule is CCc1cnc(N2CCN(c3nc(C)cnc3C)CC2)s1. The Hall–Kier alpha value is -1.69. The Labute approximate surface area is 129 Å². The van der Waals surface area contributed by atoms with Crippen LogP contribution in [0.1, 0.15) is 23.2 Å². The molecular formula is C15H21N5S. The number of thiazole rings is 1. The molecule has 2 aromatic rings. The van der Waals surface area contributed by atoms with Crippen molar-refractivity contribution in [3.63, 3.8) is 0 Å². The van der Waals surface area contributed by atoms with Gasteiger partial charge in [-0.2, -0.15) is 0 Å². The molecule has 0 aromatic carbocycles. The molecule has 1 saturated heterocycles. The number of aryl methyl sites for hydroxylation is 3. The van der Waals surface area contributed by atoms with Crippen LogP contribution in [0.4, 0.5) is 10.9 Å². The van der Waals surface area contributed by atoms with E-state index in [-0.39, 0.29) is 0 Å². The predicted octanol–water partition coefficient (Wildman–Crippen LogP) is 2.44. The third kappa shape index (κ3) is 3.00. The standard InChI is InChI=1S/C15H21N5S/c1-4-13-10-17-15(21-13)20-7-5-19(6-8-20)14-12(3)16-9-11(2)18-14/h9-10H,4-8H2,1-3H3. The highest BCUT2D eigenvalue weighted by Crippen LogP contribution is 2.25. The molecule has 6 heteroatoms. The normalized spacial score (nSPS) is 15.6. The summed E-state index contributed by atoms with van der Waals surface area (Å²) in [5.41, 5.74) is 1.99. The first-order valence-electron chi connectivity index (χ1n) is 7.42. The van der Waals surface area contributed by atoms with E-state index in [0.717, 1.165) is 54.9 Å². The van der Waals surface area contributed by atoms with Crippen molar-refractivity contribution in [1.29, 1.82) is 0 Å². The second-order valence-electron chi connectivity index (χ2n) is 5.36. The smallest absolute Gasteiger partial charge is 0.185 e. The van der Waals surface area contributed by atoms with E-state index in [9.17, 15) is 0 Å². The molecule has 0 radical (unpaired) electrons. The second-order valence-corrected chi connectivity index (χ2v) is 6.45. The Morgan fingerprint density at radius 2 is 1.76 bits per heavy atom. The molecule has 0 atom stereocenters. The molecule has 0 N–H and O–H groups in total. The van der Waals surface area contributed by atoms with Gasteiger partial charge in [-0.25, -0.2) is 9.97 Å². The fourth-order valence-electron chi connectivity index (χ4n) is 2.54. The van der Waals surface area contributed by atoms with E-state index in [4.69, 9.17) is 0 Å². The van der Waals surface area contributed by atoms with Gasteiger partial charge in [-0.1, -0.05) is 6.92 Å². The number of anilines is 2. The van der Waals surface area contributed by atoms with Gasteiger partial charge in [0, 0.05) is 43.4 Å². The van der Waals surface area contributed by atoms with Crippen LogP contribution in [0.25, 0.3) is 0 Å². The Morgan fingerprint density at radius 1 is 1.05 bits per heavy atom. The lowest BCUT2D eigenvalue weighted by Crippen LogP contribution is -2.47. The molecule has 1 aliphatic rings. The Bertz CT molecular complexity index is 616. The third-order valence-corrected chi connectivity index (χ3v) is 4.99. The van der Waals surface area contributed by atoms with Gasteiger partial charge in [0.1, 0.15) is 5.82 Å². The van der Waals surface area contributed by atoms with Crippen LogP contribution in [0.15, 0.2) is 12.4 Å². The summed E-state index contributed by atoms with van der Waals surface area (Å²) in [5.74, 6) is 1.03. The van der Waals surface area contributed by atoms with Gasteiger partial charge in [0.15, 0.2) is 5.13 Å². The topological polar surface area (TPSA) is 45.2 Å². The van der Waals surface area contributed by atoms with Crippen LogP contribution < -0.4 is 9.80 Å². The number of hydrogen-bond donors (Lipinski definition) is 0. The first-order chi connectivity index (χ1) is 10.2. The van der Waals surface area contributed by atoms with Gasteiger partial charge in [0.25, 0.3) is 0 Å². The highest BCUT2D eigenvalue weighted by molar-refractivity contribution is 7.15. The summed E-state index contributed by atoms with van der Waals surface area (Å²) >= 11 is 1.81. The van der Waals surface area contributed by atoms with Crippen LogP contribution in [-0.2, 0) is 6.42 Å². The highest BCUT2D eigenvalue weighted by atomic mass is 32.1. The molecule has 1 fully saturated rings. The minimum absolute atomic E-state index is 0.972. The first-order valence-corrected chi connectivity index (χ1v) is 8.24. The van der Waals surface area contributed by atoms with Crippen molar-refractivity contribution < 1.29 is 0 Å². The average Bonchev–Trinajstić information content (AvgIpc) is 2.99. The summed E-state index contributed by atoms with van der Waals surface area (Å²) in [6.07, 6.45) is 4.90. The van der Waals surface area contributed by atoms with Crippen LogP contribution in [-0.4, -0.2) is 41.1 Å². The molecular weight excluding hydrogens is 282 g/mol. The molecule has 3 heterocycles. The van der Waals surface area contributed by atoms with Crippen LogP contribution >= 0.6 is 11.3 Å². The summed E-state index contributed by atoms with van der Waals surface area (Å²) < 4.78 is 0. The molecule has 0 amide bonds. The lowest BCUT2D eigenvalue weighted by atomic mass is 10.3. The van der Waals surface area contributed by atoms with Gasteiger partial charge < -0.3 is 9.80 Å². The zero-order valence-corrected chi connectivity index (χ0v) is 13.7. The molecule has 0 unspecified atom stereocenters. The lowest BCUT2D eigenvalue weighted by Gasteiger charge is -2.35. The Kier molecular flexibility index (Phi) is 4.05. The molecule has 3 rings (SSSR count). The molecule has 21 heavy (non-hydrogen) atoms. The van der Waals surface area contributed by atoms with E-state index < -0.39 is 0 Å². The van der Waals surface area contributed by atoms with Crippen molar-refractivity contribution in [3.8, 4) is 0 Å². The maximum absolute atomic E-state index is 4.64. The fraction of sp³-hybridized carbons (Fsp3) is 0.533. The van der Waals surface area contributed by atoms with Gasteiger partial charge in [-0.3, -0.25) is 4.98 Å². The fourth-order valence-corrected chi connectivity index (χ4v) is 3.44. The van der Waals surface area contributed by atoms with Crippen molar-refractivity contribution >= 4 is 22.3 Å². The van der Waals surface area contributed by atoms with Crippen LogP contribution in [0, 0.1) is 13.8 Å². The summed E-state index contributed by atoms with van der Waals surface area (Å²) in [6, 6.07) is 0. The molecule has 0 bridgehead atoms. The van der Waals surface area contributed by atoms with Crippen LogP contribution in [0.3, 0.4) is 0 Å². The Balaban J connectivity index is 1.68. The van der Waals surface area contributed by atoms with Crippen molar-refractivity contribution in [3.05, 3.63) is 28.7 Å². The van der Waals surface area contributed by atoms with E-state index in [0.29, 0.717) is 0 Å². The molecule has 0 aliphatic carbocycles. The van der Waals surface area contributed by atoms with Gasteiger partial charge >= 0.3 is 0 Å². The summed E-state index contributed by atoms with van der Waals surface area (Å²) in [4.78, 5) is 19.7. The van der Waals surface area contributed by atoms with Crippen molar-refractivity contribution in [2.24, 2.45) is 0 Å². The third-order valence-electron chi connectivity index (χ3n) is 3.79. The molecule has 0 spiro atoms. The quantitative estimate of drug-likeness (QED) is 0.871. The molecule has 2 aromatic heterocycles. The number of piperazine rings is 1. The zero-order valence-electron chi connectivity index (χ0n) is 12.8. The van der Waals surface area contributed by atoms with Gasteiger partial charge in [0.2, 0.25) is 0 Å². The number of nitrogens with zero attached hydrogens (tertiary/aromatic N) is 5. The maximum atomic E-state index is 4.64. The molecule has 112 valence electrons. The van der Waals surface area contributed by atoms with Crippen LogP contribution in [0.2, 0.25) is 0 Å². The van der Waals surface area contributed by atoms with E-state index in [1.807, 2.05) is 37.6 Å². The molecule has 5 nitrogen and oxygen atoms in total. The predicted molar refractivity (Wildman–Crippen MR) is 87.4 cm³/mol. The van der Waals surface area contributed by atoms with Gasteiger partial charge in [-0.05, 0) is 20.3 Å². The minimum atomic E-state index is 0.972. The van der Waals surface area contributed by atoms with Gasteiger partial charge in [-0.15, -0.1) is 11.3 Å². The number of aromatic nitrogens is 3. The Morgan fingerprint density at radius 3 is 2.43 bits per heavy atom. The summed E-state index contributed by atoms with van der Waals surface area (Å²) in [6.45, 7) is 10.1. The lowest BCUT2D eigenvalue weighted by molar-refractivity contribution is 0.642. The minimum Gasteiger partial charge on any atom is -0.352 e. The van der Waals surface area contributed by atoms with Crippen molar-refractivity contribution in [2.45, 2.75) is 27.2 Å². The summed E-state index contributed by atoms with van der Waals surface area (Å²) in [7, 11) is 0. The largest absolute Gasteiger partial charge is 0.352 e. The van der Waals surface area contributed by atoms with E-state index in [1.165, 1.54) is 4.88 Å². The maximum Gasteiger partial charge on any atom is 0.185 e. The van der Waals surface area contributed by atoms with E-state index in [1.54, 1.807) is 0 Å². The summed E-state index contributed by atoms with van der Waals surface area (Å²) in [5, 5.41) is 1.15. The van der Waals surface area contributed by atoms with Crippen LogP contribution in [0.5, 0.6) is 0 Å². The molecule has 1 aliphatic heterocycles. The van der Waals surface area contributed by atoms with Crippen molar-refractivity contribution in [2.75, 3.05) is 36.0 Å². The number of rotatable bonds is 3. The number of hydrogen-bond acceptors (Lipinski definition) is 6. The second kappa shape index (κ2) is 5.97. The highest BCUT2D eigenvalue weighted by Gasteiger charge is 2.21. The zero-order chi connectivity index (χ0) is 14.8. The molecule has 0 saturated carbocycles. The average molecular weight is 303 g/mol. The first kappa shape index (κ1) is 14.3. The van der Waals surface area contributed by atoms with Gasteiger partial charge in [0.05, 0.1) is 11.4 Å². The van der Waals surface area contributed by atoms with Crippen molar-refractivity contribution in [1.82, 2.24) is 15.0 Å². The monoisotopic (exact) mass is 303 g/mol. The van der Waals surface area contributed by atoms with E-state index in [2.05, 4.69) is 31.7 Å². The van der Waals surface area contributed by atoms with E-state index >= 15 is 0 Å².